The SMILES string of the molecule is Nc1cccc(C(=O)NC2C3CCCC2CC(N)C3)n1. The van der Waals surface area contributed by atoms with Gasteiger partial charge in [0.05, 0.1) is 0 Å². The number of fused-ring (bicyclic) bond motifs is 2. The number of aromatic nitrogens is 1. The summed E-state index contributed by atoms with van der Waals surface area (Å²) in [5.41, 5.74) is 12.1. The highest BCUT2D eigenvalue weighted by atomic mass is 16.1. The molecule has 0 aliphatic heterocycles. The van der Waals surface area contributed by atoms with Crippen LogP contribution < -0.4 is 16.8 Å². The van der Waals surface area contributed by atoms with E-state index in [4.69, 9.17) is 11.5 Å². The lowest BCUT2D eigenvalue weighted by molar-refractivity contribution is 0.0752. The maximum atomic E-state index is 12.3. The third-order valence-corrected chi connectivity index (χ3v) is 4.68. The van der Waals surface area contributed by atoms with Crippen molar-refractivity contribution < 1.29 is 4.79 Å². The summed E-state index contributed by atoms with van der Waals surface area (Å²) in [7, 11) is 0. The minimum Gasteiger partial charge on any atom is -0.384 e. The van der Waals surface area contributed by atoms with Crippen molar-refractivity contribution in [1.82, 2.24) is 10.3 Å². The standard InChI is InChI=1S/C15H22N4O/c16-11-7-9-3-1-4-10(8-11)14(9)19-15(20)12-5-2-6-13(17)18-12/h2,5-6,9-11,14H,1,3-4,7-8,16H2,(H2,17,18)(H,19,20). The summed E-state index contributed by atoms with van der Waals surface area (Å²) in [5, 5.41) is 3.17. The van der Waals surface area contributed by atoms with E-state index in [9.17, 15) is 4.79 Å². The van der Waals surface area contributed by atoms with Crippen LogP contribution in [0.15, 0.2) is 18.2 Å². The number of nitrogens with zero attached hydrogens (tertiary/aromatic N) is 1. The summed E-state index contributed by atoms with van der Waals surface area (Å²) in [6.45, 7) is 0. The first-order valence-electron chi connectivity index (χ1n) is 7.42. The molecule has 5 N–H and O–H groups in total. The van der Waals surface area contributed by atoms with Crippen LogP contribution in [0, 0.1) is 11.8 Å². The van der Waals surface area contributed by atoms with Gasteiger partial charge in [-0.1, -0.05) is 12.5 Å². The molecular weight excluding hydrogens is 252 g/mol. The topological polar surface area (TPSA) is 94.0 Å². The maximum Gasteiger partial charge on any atom is 0.270 e. The molecule has 2 atom stereocenters. The Morgan fingerprint density at radius 3 is 2.60 bits per heavy atom. The molecule has 2 bridgehead atoms. The molecule has 0 saturated heterocycles. The molecule has 2 aliphatic rings. The molecule has 1 aromatic rings. The summed E-state index contributed by atoms with van der Waals surface area (Å²) in [4.78, 5) is 16.4. The first-order chi connectivity index (χ1) is 9.63. The molecule has 2 fully saturated rings. The predicted molar refractivity (Wildman–Crippen MR) is 77.9 cm³/mol. The van der Waals surface area contributed by atoms with Gasteiger partial charge in [-0.25, -0.2) is 4.98 Å². The molecule has 0 spiro atoms. The van der Waals surface area contributed by atoms with Crippen LogP contribution in [0.25, 0.3) is 0 Å². The normalized spacial score (nSPS) is 32.6. The average molecular weight is 274 g/mol. The molecule has 108 valence electrons. The molecular formula is C15H22N4O. The Kier molecular flexibility index (Phi) is 3.61. The third kappa shape index (κ3) is 2.63. The van der Waals surface area contributed by atoms with Crippen molar-refractivity contribution in [3.63, 3.8) is 0 Å². The molecule has 2 unspecified atom stereocenters. The number of nitrogens with two attached hydrogens (primary N) is 2. The van der Waals surface area contributed by atoms with Gasteiger partial charge in [-0.2, -0.15) is 0 Å². The van der Waals surface area contributed by atoms with Gasteiger partial charge in [-0.3, -0.25) is 4.79 Å². The smallest absolute Gasteiger partial charge is 0.270 e. The Labute approximate surface area is 119 Å². The van der Waals surface area contributed by atoms with E-state index >= 15 is 0 Å². The summed E-state index contributed by atoms with van der Waals surface area (Å²) < 4.78 is 0. The minimum absolute atomic E-state index is 0.116. The van der Waals surface area contributed by atoms with Crippen molar-refractivity contribution in [2.75, 3.05) is 5.73 Å². The molecule has 5 nitrogen and oxygen atoms in total. The fraction of sp³-hybridized carbons (Fsp3) is 0.600. The summed E-state index contributed by atoms with van der Waals surface area (Å²) in [5.74, 6) is 1.29. The number of anilines is 1. The van der Waals surface area contributed by atoms with Crippen molar-refractivity contribution in [2.45, 2.75) is 44.2 Å². The van der Waals surface area contributed by atoms with Crippen LogP contribution >= 0.6 is 0 Å². The van der Waals surface area contributed by atoms with Crippen molar-refractivity contribution in [1.29, 1.82) is 0 Å². The first-order valence-corrected chi connectivity index (χ1v) is 7.42. The second-order valence-corrected chi connectivity index (χ2v) is 6.13. The van der Waals surface area contributed by atoms with Gasteiger partial charge >= 0.3 is 0 Å². The third-order valence-electron chi connectivity index (χ3n) is 4.68. The van der Waals surface area contributed by atoms with Gasteiger partial charge in [-0.05, 0) is 49.7 Å². The van der Waals surface area contributed by atoms with Crippen molar-refractivity contribution in [2.24, 2.45) is 17.6 Å². The fourth-order valence-electron chi connectivity index (χ4n) is 3.83. The Morgan fingerprint density at radius 1 is 1.25 bits per heavy atom. The van der Waals surface area contributed by atoms with E-state index in [1.165, 1.54) is 19.3 Å². The number of hydrogen-bond acceptors (Lipinski definition) is 4. The Bertz CT molecular complexity index is 490. The first kappa shape index (κ1) is 13.4. The van der Waals surface area contributed by atoms with Crippen LogP contribution in [0.5, 0.6) is 0 Å². The number of rotatable bonds is 2. The number of nitrogens with one attached hydrogen (secondary N) is 1. The zero-order valence-corrected chi connectivity index (χ0v) is 11.6. The molecule has 0 aromatic carbocycles. The average Bonchev–Trinajstić information content (AvgIpc) is 2.39. The van der Waals surface area contributed by atoms with E-state index in [0.29, 0.717) is 29.4 Å². The number of pyridine rings is 1. The molecule has 20 heavy (non-hydrogen) atoms. The van der Waals surface area contributed by atoms with Crippen LogP contribution in [-0.4, -0.2) is 23.0 Å². The lowest BCUT2D eigenvalue weighted by Gasteiger charge is -2.45. The Balaban J connectivity index is 1.72. The number of amides is 1. The van der Waals surface area contributed by atoms with E-state index in [1.807, 2.05) is 0 Å². The monoisotopic (exact) mass is 274 g/mol. The number of carbonyl (C=O) groups is 1. The van der Waals surface area contributed by atoms with E-state index in [1.54, 1.807) is 18.2 Å². The highest BCUT2D eigenvalue weighted by Gasteiger charge is 2.40. The molecule has 0 radical (unpaired) electrons. The molecule has 1 heterocycles. The van der Waals surface area contributed by atoms with Gasteiger partial charge in [0.2, 0.25) is 0 Å². The Morgan fingerprint density at radius 2 is 1.95 bits per heavy atom. The minimum atomic E-state index is -0.116. The van der Waals surface area contributed by atoms with Crippen molar-refractivity contribution in [3.05, 3.63) is 23.9 Å². The molecule has 5 heteroatoms. The van der Waals surface area contributed by atoms with Gasteiger partial charge in [0.15, 0.2) is 0 Å². The van der Waals surface area contributed by atoms with Crippen LogP contribution in [0.2, 0.25) is 0 Å². The summed E-state index contributed by atoms with van der Waals surface area (Å²) in [6, 6.07) is 5.69. The summed E-state index contributed by atoms with van der Waals surface area (Å²) in [6.07, 6.45) is 5.63. The largest absolute Gasteiger partial charge is 0.384 e. The van der Waals surface area contributed by atoms with E-state index in [-0.39, 0.29) is 11.9 Å². The number of hydrogen-bond donors (Lipinski definition) is 3. The van der Waals surface area contributed by atoms with Crippen molar-refractivity contribution in [3.8, 4) is 0 Å². The quantitative estimate of drug-likeness (QED) is 0.757. The zero-order valence-electron chi connectivity index (χ0n) is 11.6. The maximum absolute atomic E-state index is 12.3. The van der Waals surface area contributed by atoms with Crippen LogP contribution in [0.3, 0.4) is 0 Å². The van der Waals surface area contributed by atoms with Gasteiger partial charge in [0.1, 0.15) is 11.5 Å². The van der Waals surface area contributed by atoms with E-state index < -0.39 is 0 Å². The number of nitrogen functional groups attached to an aromatic ring is 1. The second kappa shape index (κ2) is 5.40. The lowest BCUT2D eigenvalue weighted by Crippen LogP contribution is -2.53. The van der Waals surface area contributed by atoms with E-state index in [2.05, 4.69) is 10.3 Å². The highest BCUT2D eigenvalue weighted by molar-refractivity contribution is 5.92. The van der Waals surface area contributed by atoms with Gasteiger partial charge in [-0.15, -0.1) is 0 Å². The molecule has 1 amide bonds. The molecule has 2 saturated carbocycles. The van der Waals surface area contributed by atoms with Crippen molar-refractivity contribution >= 4 is 11.7 Å². The fourth-order valence-corrected chi connectivity index (χ4v) is 3.83. The number of carbonyl (C=O) groups excluding carboxylic acids is 1. The lowest BCUT2D eigenvalue weighted by atomic mass is 9.67. The van der Waals surface area contributed by atoms with Gasteiger partial charge < -0.3 is 16.8 Å². The second-order valence-electron chi connectivity index (χ2n) is 6.13. The highest BCUT2D eigenvalue weighted by Crippen LogP contribution is 2.39. The van der Waals surface area contributed by atoms with E-state index in [0.717, 1.165) is 12.8 Å². The summed E-state index contributed by atoms with van der Waals surface area (Å²) >= 11 is 0. The Hall–Kier alpha value is -1.62. The van der Waals surface area contributed by atoms with Crippen LogP contribution in [0.1, 0.15) is 42.6 Å². The zero-order chi connectivity index (χ0) is 14.1. The van der Waals surface area contributed by atoms with Gasteiger partial charge in [0.25, 0.3) is 5.91 Å². The van der Waals surface area contributed by atoms with Crippen LogP contribution in [-0.2, 0) is 0 Å². The van der Waals surface area contributed by atoms with Gasteiger partial charge in [0, 0.05) is 12.1 Å². The van der Waals surface area contributed by atoms with Crippen LogP contribution in [0.4, 0.5) is 5.82 Å². The predicted octanol–water partition coefficient (Wildman–Crippen LogP) is 1.30. The molecule has 1 aromatic heterocycles. The molecule has 3 rings (SSSR count). The molecule has 2 aliphatic carbocycles.